The lowest BCUT2D eigenvalue weighted by molar-refractivity contribution is 0.156. The molecule has 0 aromatic heterocycles. The summed E-state index contributed by atoms with van der Waals surface area (Å²) in [4.78, 5) is 11.7. The second kappa shape index (κ2) is 5.16. The third kappa shape index (κ3) is 2.77. The van der Waals surface area contributed by atoms with E-state index in [4.69, 9.17) is 5.11 Å². The highest BCUT2D eigenvalue weighted by Crippen LogP contribution is 2.35. The van der Waals surface area contributed by atoms with Crippen molar-refractivity contribution in [2.75, 3.05) is 29.2 Å². The first-order valence-corrected chi connectivity index (χ1v) is 7.29. The summed E-state index contributed by atoms with van der Waals surface area (Å²) in [6, 6.07) is 3.66. The van der Waals surface area contributed by atoms with Gasteiger partial charge < -0.3 is 10.0 Å². The number of hydrogen-bond acceptors (Lipinski definition) is 3. The smallest absolute Gasteiger partial charge is 0.407 e. The number of carboxylic acid groups (broad SMARTS) is 1. The van der Waals surface area contributed by atoms with Gasteiger partial charge in [-0.3, -0.25) is 9.03 Å². The Morgan fingerprint density at radius 1 is 1.50 bits per heavy atom. The molecule has 20 heavy (non-hydrogen) atoms. The monoisotopic (exact) mass is 303 g/mol. The standard InChI is InChI=1S/C11H14FN3O4S/c1-14(11(16)17)5-2-6-15-10-4-3-8(12)7-9(10)13-20(15,18)19/h3-4,7,13H,2,5-6H2,1H3,(H,16,17). The van der Waals surface area contributed by atoms with Crippen LogP contribution in [0.5, 0.6) is 0 Å². The molecule has 110 valence electrons. The minimum atomic E-state index is -3.73. The molecule has 1 aliphatic rings. The number of carbonyl (C=O) groups is 1. The number of halogens is 1. The molecule has 0 saturated heterocycles. The molecule has 1 heterocycles. The molecule has 2 N–H and O–H groups in total. The van der Waals surface area contributed by atoms with Gasteiger partial charge in [-0.25, -0.2) is 9.18 Å². The lowest BCUT2D eigenvalue weighted by Crippen LogP contribution is -2.33. The van der Waals surface area contributed by atoms with E-state index in [1.165, 1.54) is 19.2 Å². The summed E-state index contributed by atoms with van der Waals surface area (Å²) in [6.07, 6.45) is -0.740. The number of hydrogen-bond donors (Lipinski definition) is 2. The predicted molar refractivity (Wildman–Crippen MR) is 71.6 cm³/mol. The summed E-state index contributed by atoms with van der Waals surface area (Å²) >= 11 is 0. The fourth-order valence-corrected chi connectivity index (χ4v) is 3.26. The molecule has 1 aromatic carbocycles. The van der Waals surface area contributed by atoms with Gasteiger partial charge in [0.2, 0.25) is 0 Å². The maximum absolute atomic E-state index is 13.1. The number of benzene rings is 1. The van der Waals surface area contributed by atoms with Crippen molar-refractivity contribution < 1.29 is 22.7 Å². The van der Waals surface area contributed by atoms with E-state index in [-0.39, 0.29) is 18.8 Å². The highest BCUT2D eigenvalue weighted by atomic mass is 32.2. The number of nitrogens with one attached hydrogen (secondary N) is 1. The number of nitrogens with zero attached hydrogens (tertiary/aromatic N) is 2. The van der Waals surface area contributed by atoms with Crippen molar-refractivity contribution in [2.45, 2.75) is 6.42 Å². The molecule has 0 fully saturated rings. The van der Waals surface area contributed by atoms with Gasteiger partial charge in [0.25, 0.3) is 0 Å². The molecular formula is C11H14FN3O4S. The largest absolute Gasteiger partial charge is 0.465 e. The fourth-order valence-electron chi connectivity index (χ4n) is 1.92. The molecule has 0 unspecified atom stereocenters. The SMILES string of the molecule is CN(CCCN1c2ccc(F)cc2NS1(=O)=O)C(=O)O. The number of fused-ring (bicyclic) bond motifs is 1. The Hall–Kier alpha value is -2.03. The van der Waals surface area contributed by atoms with Crippen molar-refractivity contribution in [3.8, 4) is 0 Å². The summed E-state index contributed by atoms with van der Waals surface area (Å²) in [5.74, 6) is -0.529. The quantitative estimate of drug-likeness (QED) is 0.877. The van der Waals surface area contributed by atoms with E-state index < -0.39 is 22.1 Å². The Balaban J connectivity index is 2.10. The van der Waals surface area contributed by atoms with Crippen LogP contribution < -0.4 is 9.03 Å². The van der Waals surface area contributed by atoms with Crippen molar-refractivity contribution in [1.29, 1.82) is 0 Å². The second-order valence-electron chi connectivity index (χ2n) is 4.40. The van der Waals surface area contributed by atoms with Crippen molar-refractivity contribution in [1.82, 2.24) is 4.90 Å². The van der Waals surface area contributed by atoms with Crippen LogP contribution in [0.2, 0.25) is 0 Å². The highest BCUT2D eigenvalue weighted by Gasteiger charge is 2.32. The molecule has 7 nitrogen and oxygen atoms in total. The molecule has 0 saturated carbocycles. The van der Waals surface area contributed by atoms with E-state index in [0.717, 1.165) is 15.3 Å². The normalized spacial score (nSPS) is 15.6. The average molecular weight is 303 g/mol. The van der Waals surface area contributed by atoms with Gasteiger partial charge in [-0.15, -0.1) is 0 Å². The minimum absolute atomic E-state index is 0.117. The van der Waals surface area contributed by atoms with Crippen LogP contribution in [0, 0.1) is 5.82 Å². The summed E-state index contributed by atoms with van der Waals surface area (Å²) in [7, 11) is -2.33. The Morgan fingerprint density at radius 3 is 2.85 bits per heavy atom. The summed E-state index contributed by atoms with van der Waals surface area (Å²) < 4.78 is 40.2. The van der Waals surface area contributed by atoms with Gasteiger partial charge in [0.15, 0.2) is 0 Å². The van der Waals surface area contributed by atoms with E-state index in [9.17, 15) is 17.6 Å². The van der Waals surface area contributed by atoms with E-state index in [1.807, 2.05) is 0 Å². The van der Waals surface area contributed by atoms with Gasteiger partial charge >= 0.3 is 16.3 Å². The lowest BCUT2D eigenvalue weighted by Gasteiger charge is -2.18. The highest BCUT2D eigenvalue weighted by molar-refractivity contribution is 7.94. The third-order valence-electron chi connectivity index (χ3n) is 2.94. The molecule has 1 aliphatic heterocycles. The first-order chi connectivity index (χ1) is 9.31. The molecule has 0 aliphatic carbocycles. The third-order valence-corrected chi connectivity index (χ3v) is 4.38. The molecule has 0 radical (unpaired) electrons. The second-order valence-corrected chi connectivity index (χ2v) is 5.99. The minimum Gasteiger partial charge on any atom is -0.465 e. The van der Waals surface area contributed by atoms with Crippen LogP contribution in [-0.2, 0) is 10.2 Å². The molecule has 1 aromatic rings. The van der Waals surface area contributed by atoms with Crippen LogP contribution in [-0.4, -0.2) is 44.7 Å². The molecule has 0 bridgehead atoms. The van der Waals surface area contributed by atoms with Gasteiger partial charge in [-0.2, -0.15) is 8.42 Å². The Labute approximate surface area is 115 Å². The van der Waals surface area contributed by atoms with Crippen LogP contribution in [0.3, 0.4) is 0 Å². The maximum atomic E-state index is 13.1. The summed E-state index contributed by atoms with van der Waals surface area (Å²) in [6.45, 7) is 0.323. The van der Waals surface area contributed by atoms with Crippen LogP contribution in [0.15, 0.2) is 18.2 Å². The zero-order chi connectivity index (χ0) is 14.9. The van der Waals surface area contributed by atoms with E-state index in [2.05, 4.69) is 4.72 Å². The molecular weight excluding hydrogens is 289 g/mol. The predicted octanol–water partition coefficient (Wildman–Crippen LogP) is 1.30. The van der Waals surface area contributed by atoms with Crippen molar-refractivity contribution in [3.05, 3.63) is 24.0 Å². The van der Waals surface area contributed by atoms with Gasteiger partial charge in [-0.05, 0) is 18.6 Å². The molecule has 2 rings (SSSR count). The Morgan fingerprint density at radius 2 is 2.20 bits per heavy atom. The topological polar surface area (TPSA) is 90.0 Å². The zero-order valence-corrected chi connectivity index (χ0v) is 11.5. The summed E-state index contributed by atoms with van der Waals surface area (Å²) in [5.41, 5.74) is 0.556. The van der Waals surface area contributed by atoms with Gasteiger partial charge in [0.05, 0.1) is 11.4 Å². The zero-order valence-electron chi connectivity index (χ0n) is 10.7. The number of amides is 1. The van der Waals surface area contributed by atoms with E-state index in [1.54, 1.807) is 0 Å². The number of anilines is 2. The maximum Gasteiger partial charge on any atom is 0.407 e. The van der Waals surface area contributed by atoms with Gasteiger partial charge in [0, 0.05) is 26.2 Å². The van der Waals surface area contributed by atoms with Crippen molar-refractivity contribution in [2.24, 2.45) is 0 Å². The average Bonchev–Trinajstić information content (AvgIpc) is 2.59. The Kier molecular flexibility index (Phi) is 3.71. The molecule has 0 atom stereocenters. The van der Waals surface area contributed by atoms with E-state index in [0.29, 0.717) is 12.1 Å². The van der Waals surface area contributed by atoms with Crippen molar-refractivity contribution in [3.63, 3.8) is 0 Å². The van der Waals surface area contributed by atoms with Crippen LogP contribution in [0.1, 0.15) is 6.42 Å². The van der Waals surface area contributed by atoms with Crippen LogP contribution >= 0.6 is 0 Å². The molecule has 9 heteroatoms. The van der Waals surface area contributed by atoms with Crippen LogP contribution in [0.4, 0.5) is 20.6 Å². The fraction of sp³-hybridized carbons (Fsp3) is 0.364. The summed E-state index contributed by atoms with van der Waals surface area (Å²) in [5, 5.41) is 8.71. The lowest BCUT2D eigenvalue weighted by atomic mass is 10.2. The van der Waals surface area contributed by atoms with Gasteiger partial charge in [0.1, 0.15) is 5.82 Å². The molecule has 0 spiro atoms. The molecule has 1 amide bonds. The van der Waals surface area contributed by atoms with E-state index >= 15 is 0 Å². The van der Waals surface area contributed by atoms with Crippen LogP contribution in [0.25, 0.3) is 0 Å². The first kappa shape index (κ1) is 14.4. The van der Waals surface area contributed by atoms with Gasteiger partial charge in [-0.1, -0.05) is 0 Å². The first-order valence-electron chi connectivity index (χ1n) is 5.85. The number of rotatable bonds is 4. The Bertz CT molecular complexity index is 635. The van der Waals surface area contributed by atoms with Crippen molar-refractivity contribution >= 4 is 27.7 Å².